The molecule has 100 valence electrons. The van der Waals surface area contributed by atoms with Gasteiger partial charge in [0.1, 0.15) is 17.5 Å². The largest absolute Gasteiger partial charge is 0.480 e. The number of rotatable bonds is 6. The van der Waals surface area contributed by atoms with E-state index in [2.05, 4.69) is 20.3 Å². The molecule has 0 aliphatic heterocycles. The van der Waals surface area contributed by atoms with Crippen LogP contribution < -0.4 is 10.6 Å². The van der Waals surface area contributed by atoms with Crippen molar-refractivity contribution in [3.05, 3.63) is 18.0 Å². The third-order valence-corrected chi connectivity index (χ3v) is 2.53. The Bertz CT molecular complexity index is 404. The molecule has 0 saturated heterocycles. The quantitative estimate of drug-likeness (QED) is 0.706. The van der Waals surface area contributed by atoms with E-state index >= 15 is 0 Å². The first kappa shape index (κ1) is 14.0. The summed E-state index contributed by atoms with van der Waals surface area (Å²) in [6, 6.07) is 1.07. The third-order valence-electron chi connectivity index (χ3n) is 2.53. The highest BCUT2D eigenvalue weighted by atomic mass is 16.5. The SMILES string of the molecule is CCCC(C)(NC(=O)NCc1ccon1)C(=O)O. The molecule has 1 aromatic rings. The zero-order valence-electron chi connectivity index (χ0n) is 10.4. The van der Waals surface area contributed by atoms with Crippen molar-refractivity contribution < 1.29 is 19.2 Å². The van der Waals surface area contributed by atoms with Crippen molar-refractivity contribution in [1.29, 1.82) is 0 Å². The van der Waals surface area contributed by atoms with Gasteiger partial charge in [0.05, 0.1) is 6.54 Å². The number of amides is 2. The van der Waals surface area contributed by atoms with Gasteiger partial charge in [-0.15, -0.1) is 0 Å². The predicted molar refractivity (Wildman–Crippen MR) is 62.8 cm³/mol. The summed E-state index contributed by atoms with van der Waals surface area (Å²) in [6.07, 6.45) is 2.42. The Kier molecular flexibility index (Phi) is 4.70. The van der Waals surface area contributed by atoms with Crippen LogP contribution in [0, 0.1) is 0 Å². The number of nitrogens with zero attached hydrogens (tertiary/aromatic N) is 1. The van der Waals surface area contributed by atoms with Gasteiger partial charge in [-0.25, -0.2) is 9.59 Å². The van der Waals surface area contributed by atoms with Gasteiger partial charge < -0.3 is 20.3 Å². The van der Waals surface area contributed by atoms with Gasteiger partial charge >= 0.3 is 12.0 Å². The van der Waals surface area contributed by atoms with Crippen LogP contribution in [0.5, 0.6) is 0 Å². The Morgan fingerprint density at radius 1 is 1.56 bits per heavy atom. The fourth-order valence-corrected chi connectivity index (χ4v) is 1.52. The molecule has 1 aromatic heterocycles. The molecule has 0 radical (unpaired) electrons. The van der Waals surface area contributed by atoms with Gasteiger partial charge in [-0.05, 0) is 13.3 Å². The minimum absolute atomic E-state index is 0.185. The van der Waals surface area contributed by atoms with Crippen LogP contribution in [0.15, 0.2) is 16.9 Å². The van der Waals surface area contributed by atoms with Gasteiger partial charge in [0, 0.05) is 6.07 Å². The van der Waals surface area contributed by atoms with Crippen molar-refractivity contribution in [2.24, 2.45) is 0 Å². The molecule has 1 rings (SSSR count). The zero-order chi connectivity index (χ0) is 13.6. The fourth-order valence-electron chi connectivity index (χ4n) is 1.52. The van der Waals surface area contributed by atoms with Crippen molar-refractivity contribution in [3.8, 4) is 0 Å². The number of carboxylic acid groups (broad SMARTS) is 1. The molecule has 2 amide bonds. The number of carbonyl (C=O) groups excluding carboxylic acids is 1. The van der Waals surface area contributed by atoms with Crippen LogP contribution in [0.3, 0.4) is 0 Å². The van der Waals surface area contributed by atoms with Crippen LogP contribution in [0.2, 0.25) is 0 Å². The van der Waals surface area contributed by atoms with Crippen molar-refractivity contribution in [2.45, 2.75) is 38.8 Å². The number of hydrogen-bond donors (Lipinski definition) is 3. The molecule has 1 atom stereocenters. The van der Waals surface area contributed by atoms with E-state index in [1.54, 1.807) is 6.07 Å². The maximum Gasteiger partial charge on any atom is 0.329 e. The highest BCUT2D eigenvalue weighted by Crippen LogP contribution is 2.12. The highest BCUT2D eigenvalue weighted by molar-refractivity contribution is 5.85. The number of carboxylic acids is 1. The summed E-state index contributed by atoms with van der Waals surface area (Å²) in [6.45, 7) is 3.52. The van der Waals surface area contributed by atoms with E-state index in [0.29, 0.717) is 18.5 Å². The van der Waals surface area contributed by atoms with Crippen LogP contribution in [-0.4, -0.2) is 27.8 Å². The Morgan fingerprint density at radius 2 is 2.28 bits per heavy atom. The summed E-state index contributed by atoms with van der Waals surface area (Å²) in [4.78, 5) is 22.7. The Hall–Kier alpha value is -2.05. The van der Waals surface area contributed by atoms with E-state index in [1.165, 1.54) is 13.2 Å². The molecule has 18 heavy (non-hydrogen) atoms. The second-order valence-electron chi connectivity index (χ2n) is 4.19. The topological polar surface area (TPSA) is 104 Å². The van der Waals surface area contributed by atoms with Crippen molar-refractivity contribution in [3.63, 3.8) is 0 Å². The normalized spacial score (nSPS) is 13.7. The molecule has 1 unspecified atom stereocenters. The molecule has 0 aliphatic rings. The molecule has 0 spiro atoms. The van der Waals surface area contributed by atoms with Crippen molar-refractivity contribution in [2.75, 3.05) is 0 Å². The maximum absolute atomic E-state index is 11.6. The summed E-state index contributed by atoms with van der Waals surface area (Å²) < 4.78 is 4.61. The van der Waals surface area contributed by atoms with E-state index in [-0.39, 0.29) is 6.54 Å². The van der Waals surface area contributed by atoms with Gasteiger partial charge in [-0.1, -0.05) is 18.5 Å². The molecule has 3 N–H and O–H groups in total. The lowest BCUT2D eigenvalue weighted by molar-refractivity contribution is -0.144. The predicted octanol–water partition coefficient (Wildman–Crippen LogP) is 1.12. The van der Waals surface area contributed by atoms with Crippen LogP contribution >= 0.6 is 0 Å². The van der Waals surface area contributed by atoms with Gasteiger partial charge in [-0.3, -0.25) is 0 Å². The van der Waals surface area contributed by atoms with Gasteiger partial charge in [-0.2, -0.15) is 0 Å². The lowest BCUT2D eigenvalue weighted by Gasteiger charge is -2.25. The first-order valence-corrected chi connectivity index (χ1v) is 5.66. The second kappa shape index (κ2) is 6.04. The van der Waals surface area contributed by atoms with Crippen LogP contribution in [-0.2, 0) is 11.3 Å². The lowest BCUT2D eigenvalue weighted by atomic mass is 9.97. The average molecular weight is 255 g/mol. The zero-order valence-corrected chi connectivity index (χ0v) is 10.4. The summed E-state index contributed by atoms with van der Waals surface area (Å²) >= 11 is 0. The molecular weight excluding hydrogens is 238 g/mol. The molecule has 7 nitrogen and oxygen atoms in total. The van der Waals surface area contributed by atoms with Crippen LogP contribution in [0.4, 0.5) is 4.79 Å². The molecule has 7 heteroatoms. The molecule has 1 heterocycles. The number of aliphatic carboxylic acids is 1. The molecule has 0 aromatic carbocycles. The first-order chi connectivity index (χ1) is 8.48. The molecule has 0 bridgehead atoms. The van der Waals surface area contributed by atoms with Gasteiger partial charge in [0.15, 0.2) is 0 Å². The standard InChI is InChI=1S/C11H17N3O4/c1-3-5-11(2,9(15)16)13-10(17)12-7-8-4-6-18-14-8/h4,6H,3,5,7H2,1-2H3,(H,15,16)(H2,12,13,17). The van der Waals surface area contributed by atoms with Crippen LogP contribution in [0.25, 0.3) is 0 Å². The Labute approximate surface area is 105 Å². The lowest BCUT2D eigenvalue weighted by Crippen LogP contribution is -2.55. The summed E-state index contributed by atoms with van der Waals surface area (Å²) in [5, 5.41) is 17.7. The summed E-state index contributed by atoms with van der Waals surface area (Å²) in [7, 11) is 0. The number of carbonyl (C=O) groups is 2. The smallest absolute Gasteiger partial charge is 0.329 e. The number of aromatic nitrogens is 1. The second-order valence-corrected chi connectivity index (χ2v) is 4.19. The van der Waals surface area contributed by atoms with E-state index in [4.69, 9.17) is 5.11 Å². The number of hydrogen-bond acceptors (Lipinski definition) is 4. The van der Waals surface area contributed by atoms with Crippen LogP contribution in [0.1, 0.15) is 32.4 Å². The summed E-state index contributed by atoms with van der Waals surface area (Å²) in [5.74, 6) is -1.05. The van der Waals surface area contributed by atoms with Gasteiger partial charge in [0.2, 0.25) is 0 Å². The van der Waals surface area contributed by atoms with Crippen molar-refractivity contribution in [1.82, 2.24) is 15.8 Å². The maximum atomic E-state index is 11.6. The minimum Gasteiger partial charge on any atom is -0.480 e. The fraction of sp³-hybridized carbons (Fsp3) is 0.545. The number of urea groups is 1. The van der Waals surface area contributed by atoms with E-state index in [9.17, 15) is 9.59 Å². The van der Waals surface area contributed by atoms with E-state index < -0.39 is 17.5 Å². The number of nitrogens with one attached hydrogen (secondary N) is 2. The summed E-state index contributed by atoms with van der Waals surface area (Å²) in [5.41, 5.74) is -0.694. The van der Waals surface area contributed by atoms with Crippen molar-refractivity contribution >= 4 is 12.0 Å². The molecule has 0 saturated carbocycles. The Morgan fingerprint density at radius 3 is 2.78 bits per heavy atom. The third kappa shape index (κ3) is 3.76. The molecular formula is C11H17N3O4. The molecule has 0 aliphatic carbocycles. The minimum atomic E-state index is -1.26. The first-order valence-electron chi connectivity index (χ1n) is 5.66. The van der Waals surface area contributed by atoms with E-state index in [0.717, 1.165) is 0 Å². The average Bonchev–Trinajstić information content (AvgIpc) is 2.79. The van der Waals surface area contributed by atoms with E-state index in [1.807, 2.05) is 6.92 Å². The molecule has 0 fully saturated rings. The monoisotopic (exact) mass is 255 g/mol. The Balaban J connectivity index is 2.49. The van der Waals surface area contributed by atoms with Gasteiger partial charge in [0.25, 0.3) is 0 Å². The highest BCUT2D eigenvalue weighted by Gasteiger charge is 2.33.